The average Bonchev–Trinajstić information content (AvgIpc) is 3.09. The highest BCUT2D eigenvalue weighted by atomic mass is 19.1. The van der Waals surface area contributed by atoms with Gasteiger partial charge in [0, 0.05) is 10.9 Å². The van der Waals surface area contributed by atoms with Crippen molar-refractivity contribution in [3.05, 3.63) is 65.7 Å². The second-order valence-corrected chi connectivity index (χ2v) is 6.35. The first-order valence-corrected chi connectivity index (χ1v) is 8.96. The predicted molar refractivity (Wildman–Crippen MR) is 102 cm³/mol. The van der Waals surface area contributed by atoms with E-state index >= 15 is 0 Å². The van der Waals surface area contributed by atoms with E-state index in [1.54, 1.807) is 6.07 Å². The van der Waals surface area contributed by atoms with Crippen molar-refractivity contribution in [2.24, 2.45) is 0 Å². The summed E-state index contributed by atoms with van der Waals surface area (Å²) >= 11 is 0. The Bertz CT molecular complexity index is 999. The molecular formula is C21H21FN2O4. The van der Waals surface area contributed by atoms with Crippen molar-refractivity contribution >= 4 is 22.8 Å². The summed E-state index contributed by atoms with van der Waals surface area (Å²) in [4.78, 5) is 24.2. The first-order chi connectivity index (χ1) is 13.5. The van der Waals surface area contributed by atoms with Crippen LogP contribution in [0.25, 0.3) is 11.0 Å². The molecule has 1 heterocycles. The molecule has 6 nitrogen and oxygen atoms in total. The van der Waals surface area contributed by atoms with Crippen LogP contribution in [0.5, 0.6) is 5.75 Å². The zero-order chi connectivity index (χ0) is 20.1. The Balaban J connectivity index is 1.54. The molecule has 0 spiro atoms. The number of benzene rings is 2. The summed E-state index contributed by atoms with van der Waals surface area (Å²) in [5.41, 5.74) is 7.21. The number of carbonyl (C=O) groups excluding carboxylic acids is 2. The van der Waals surface area contributed by atoms with Crippen molar-refractivity contribution in [2.45, 2.75) is 32.8 Å². The molecule has 0 fully saturated rings. The summed E-state index contributed by atoms with van der Waals surface area (Å²) in [6.45, 7) is 3.51. The Hall–Kier alpha value is -3.35. The molecule has 2 N–H and O–H groups in total. The van der Waals surface area contributed by atoms with Gasteiger partial charge in [-0.3, -0.25) is 20.4 Å². The number of hydrogen-bond donors (Lipinski definition) is 2. The van der Waals surface area contributed by atoms with Crippen LogP contribution in [-0.4, -0.2) is 17.9 Å². The van der Waals surface area contributed by atoms with E-state index < -0.39 is 23.7 Å². The van der Waals surface area contributed by atoms with Crippen LogP contribution in [0.1, 0.15) is 25.0 Å². The highest BCUT2D eigenvalue weighted by Crippen LogP contribution is 2.23. The van der Waals surface area contributed by atoms with Gasteiger partial charge in [0.15, 0.2) is 17.7 Å². The lowest BCUT2D eigenvalue weighted by atomic mass is 10.1. The van der Waals surface area contributed by atoms with Gasteiger partial charge in [-0.2, -0.15) is 0 Å². The van der Waals surface area contributed by atoms with E-state index in [0.717, 1.165) is 28.5 Å². The topological polar surface area (TPSA) is 80.6 Å². The van der Waals surface area contributed by atoms with Gasteiger partial charge in [0.1, 0.15) is 5.58 Å². The Morgan fingerprint density at radius 1 is 1.18 bits per heavy atom. The zero-order valence-electron chi connectivity index (χ0n) is 15.6. The number of hydrazine groups is 1. The van der Waals surface area contributed by atoms with Gasteiger partial charge in [0.05, 0.1) is 12.7 Å². The van der Waals surface area contributed by atoms with Crippen molar-refractivity contribution in [1.82, 2.24) is 10.9 Å². The molecule has 7 heteroatoms. The number of para-hydroxylation sites is 1. The Kier molecular flexibility index (Phi) is 5.93. The van der Waals surface area contributed by atoms with Gasteiger partial charge in [0.25, 0.3) is 5.91 Å². The molecular weight excluding hydrogens is 363 g/mol. The maximum absolute atomic E-state index is 13.6. The SMILES string of the molecule is CCc1ccc2c(CC(=O)NNC(=O)C(C)Oc3ccccc3F)coc2c1. The fourth-order valence-electron chi connectivity index (χ4n) is 2.72. The third-order valence-corrected chi connectivity index (χ3v) is 4.31. The van der Waals surface area contributed by atoms with Crippen LogP contribution in [-0.2, 0) is 22.4 Å². The van der Waals surface area contributed by atoms with Crippen LogP contribution in [0.3, 0.4) is 0 Å². The van der Waals surface area contributed by atoms with E-state index in [1.165, 1.54) is 31.4 Å². The van der Waals surface area contributed by atoms with E-state index in [4.69, 9.17) is 9.15 Å². The van der Waals surface area contributed by atoms with Crippen LogP contribution in [0.2, 0.25) is 0 Å². The van der Waals surface area contributed by atoms with Crippen LogP contribution in [0, 0.1) is 5.82 Å². The molecule has 28 heavy (non-hydrogen) atoms. The quantitative estimate of drug-likeness (QED) is 0.639. The fourth-order valence-corrected chi connectivity index (χ4v) is 2.72. The number of furan rings is 1. The number of aryl methyl sites for hydroxylation is 1. The van der Waals surface area contributed by atoms with Crippen molar-refractivity contribution < 1.29 is 23.1 Å². The Labute approximate surface area is 161 Å². The van der Waals surface area contributed by atoms with Crippen LogP contribution < -0.4 is 15.6 Å². The molecule has 2 aromatic carbocycles. The fraction of sp³-hybridized carbons (Fsp3) is 0.238. The summed E-state index contributed by atoms with van der Waals surface area (Å²) in [6, 6.07) is 11.6. The normalized spacial score (nSPS) is 11.8. The minimum Gasteiger partial charge on any atom is -0.478 e. The molecule has 0 saturated carbocycles. The van der Waals surface area contributed by atoms with E-state index in [-0.39, 0.29) is 12.2 Å². The Morgan fingerprint density at radius 3 is 2.71 bits per heavy atom. The van der Waals surface area contributed by atoms with E-state index in [9.17, 15) is 14.0 Å². The van der Waals surface area contributed by atoms with Crippen LogP contribution in [0.15, 0.2) is 53.1 Å². The summed E-state index contributed by atoms with van der Waals surface area (Å²) < 4.78 is 24.4. The average molecular weight is 384 g/mol. The molecule has 0 bridgehead atoms. The lowest BCUT2D eigenvalue weighted by Crippen LogP contribution is -2.47. The number of carbonyl (C=O) groups is 2. The Morgan fingerprint density at radius 2 is 1.96 bits per heavy atom. The number of nitrogens with one attached hydrogen (secondary N) is 2. The van der Waals surface area contributed by atoms with Gasteiger partial charge in [0.2, 0.25) is 5.91 Å². The van der Waals surface area contributed by atoms with Crippen molar-refractivity contribution in [3.63, 3.8) is 0 Å². The second kappa shape index (κ2) is 8.56. The minimum atomic E-state index is -0.987. The van der Waals surface area contributed by atoms with E-state index in [1.807, 2.05) is 18.2 Å². The van der Waals surface area contributed by atoms with Crippen molar-refractivity contribution in [2.75, 3.05) is 0 Å². The first kappa shape index (κ1) is 19.4. The van der Waals surface area contributed by atoms with Gasteiger partial charge in [-0.1, -0.05) is 31.2 Å². The molecule has 0 aliphatic carbocycles. The summed E-state index contributed by atoms with van der Waals surface area (Å²) in [5.74, 6) is -1.60. The summed E-state index contributed by atoms with van der Waals surface area (Å²) in [5, 5.41) is 0.856. The molecule has 146 valence electrons. The van der Waals surface area contributed by atoms with Gasteiger partial charge >= 0.3 is 0 Å². The molecule has 1 aromatic heterocycles. The maximum Gasteiger partial charge on any atom is 0.279 e. The lowest BCUT2D eigenvalue weighted by molar-refractivity contribution is -0.132. The summed E-state index contributed by atoms with van der Waals surface area (Å²) in [7, 11) is 0. The first-order valence-electron chi connectivity index (χ1n) is 8.96. The minimum absolute atomic E-state index is 0.0345. The van der Waals surface area contributed by atoms with E-state index in [2.05, 4.69) is 17.8 Å². The predicted octanol–water partition coefficient (Wildman–Crippen LogP) is 3.29. The lowest BCUT2D eigenvalue weighted by Gasteiger charge is -2.15. The number of amides is 2. The standard InChI is InChI=1S/C21H21FN2O4/c1-3-14-8-9-16-15(12-27-19(16)10-14)11-20(25)23-24-21(26)13(2)28-18-7-5-4-6-17(18)22/h4-10,12-13H,3,11H2,1-2H3,(H,23,25)(H,24,26). The molecule has 3 aromatic rings. The van der Waals surface area contributed by atoms with E-state index in [0.29, 0.717) is 0 Å². The zero-order valence-corrected chi connectivity index (χ0v) is 15.6. The number of hydrogen-bond acceptors (Lipinski definition) is 4. The van der Waals surface area contributed by atoms with Crippen LogP contribution >= 0.6 is 0 Å². The van der Waals surface area contributed by atoms with Crippen molar-refractivity contribution in [1.29, 1.82) is 0 Å². The molecule has 2 amide bonds. The molecule has 1 atom stereocenters. The molecule has 3 rings (SSSR count). The van der Waals surface area contributed by atoms with Gasteiger partial charge in [-0.25, -0.2) is 4.39 Å². The number of halogens is 1. The third kappa shape index (κ3) is 4.49. The van der Waals surface area contributed by atoms with Gasteiger partial charge < -0.3 is 9.15 Å². The molecule has 1 unspecified atom stereocenters. The highest BCUT2D eigenvalue weighted by molar-refractivity contribution is 5.89. The third-order valence-electron chi connectivity index (χ3n) is 4.31. The number of rotatable bonds is 6. The number of ether oxygens (including phenoxy) is 1. The molecule has 0 radical (unpaired) electrons. The summed E-state index contributed by atoms with van der Waals surface area (Å²) in [6.07, 6.45) is 1.49. The smallest absolute Gasteiger partial charge is 0.279 e. The molecule has 0 saturated heterocycles. The van der Waals surface area contributed by atoms with Crippen LogP contribution in [0.4, 0.5) is 4.39 Å². The maximum atomic E-state index is 13.6. The van der Waals surface area contributed by atoms with Crippen molar-refractivity contribution in [3.8, 4) is 5.75 Å². The van der Waals surface area contributed by atoms with Gasteiger partial charge in [-0.05, 0) is 37.1 Å². The van der Waals surface area contributed by atoms with Gasteiger partial charge in [-0.15, -0.1) is 0 Å². The number of fused-ring (bicyclic) bond motifs is 1. The molecule has 0 aliphatic heterocycles. The highest BCUT2D eigenvalue weighted by Gasteiger charge is 2.18. The molecule has 0 aliphatic rings. The second-order valence-electron chi connectivity index (χ2n) is 6.35. The largest absolute Gasteiger partial charge is 0.478 e. The monoisotopic (exact) mass is 384 g/mol.